The van der Waals surface area contributed by atoms with E-state index in [0.29, 0.717) is 4.90 Å². The Morgan fingerprint density at radius 3 is 2.65 bits per heavy atom. The molecule has 2 rings (SSSR count). The summed E-state index contributed by atoms with van der Waals surface area (Å²) < 4.78 is 68.4. The molecule has 0 aliphatic carbocycles. The van der Waals surface area contributed by atoms with Crippen molar-refractivity contribution in [2.24, 2.45) is 5.92 Å². The van der Waals surface area contributed by atoms with Gasteiger partial charge in [0.05, 0.1) is 18.4 Å². The number of benzene rings is 1. The van der Waals surface area contributed by atoms with Gasteiger partial charge in [-0.2, -0.15) is 13.2 Å². The number of hydrogen-bond acceptors (Lipinski definition) is 3. The summed E-state index contributed by atoms with van der Waals surface area (Å²) in [4.78, 5) is 12.4. The fourth-order valence-electron chi connectivity index (χ4n) is 2.21. The van der Waals surface area contributed by atoms with Crippen LogP contribution in [0, 0.1) is 5.92 Å². The van der Waals surface area contributed by atoms with Gasteiger partial charge in [0, 0.05) is 23.0 Å². The first kappa shape index (κ1) is 17.8. The molecule has 1 aliphatic rings. The molecule has 1 N–H and O–H groups in total. The first-order valence-electron chi connectivity index (χ1n) is 6.73. The van der Waals surface area contributed by atoms with E-state index in [1.165, 1.54) is 6.07 Å². The Balaban J connectivity index is 2.29. The van der Waals surface area contributed by atoms with Crippen LogP contribution < -0.4 is 10.1 Å². The number of fused-ring (bicyclic) bond motifs is 1. The average Bonchev–Trinajstić information content (AvgIpc) is 2.60. The molecule has 1 heterocycles. The second-order valence-corrected chi connectivity index (χ2v) is 6.07. The smallest absolute Gasteiger partial charge is 0.420 e. The largest absolute Gasteiger partial charge is 0.496 e. The second-order valence-electron chi connectivity index (χ2n) is 5.01. The summed E-state index contributed by atoms with van der Waals surface area (Å²) in [5.41, 5.74) is -0.974. The number of ether oxygens (including phenoxy) is 1. The summed E-state index contributed by atoms with van der Waals surface area (Å²) in [7, 11) is 1.13. The number of methoxy groups -OCH3 is 1. The Labute approximate surface area is 133 Å². The van der Waals surface area contributed by atoms with Crippen LogP contribution in [0.4, 0.5) is 27.6 Å². The normalized spacial score (nSPS) is 18.4. The third-order valence-corrected chi connectivity index (χ3v) is 4.63. The zero-order chi connectivity index (χ0) is 17.2. The fraction of sp³-hybridized carbons (Fsp3) is 0.500. The number of carbonyl (C=O) groups excluding carboxylic acids is 1. The molecule has 0 fully saturated rings. The minimum Gasteiger partial charge on any atom is -0.496 e. The Hall–Kier alpha value is -1.51. The molecule has 0 saturated carbocycles. The average molecular weight is 355 g/mol. The highest BCUT2D eigenvalue weighted by Crippen LogP contribution is 2.43. The molecule has 3 nitrogen and oxygen atoms in total. The first-order valence-corrected chi connectivity index (χ1v) is 7.72. The van der Waals surface area contributed by atoms with Crippen molar-refractivity contribution in [3.8, 4) is 5.75 Å². The van der Waals surface area contributed by atoms with Gasteiger partial charge in [-0.1, -0.05) is 0 Å². The molecule has 1 aromatic carbocycles. The molecule has 1 aromatic rings. The maximum Gasteiger partial charge on any atom is 0.420 e. The quantitative estimate of drug-likeness (QED) is 0.813. The number of thioether (sulfide) groups is 1. The topological polar surface area (TPSA) is 38.3 Å². The minimum absolute atomic E-state index is 0.0201. The Morgan fingerprint density at radius 1 is 1.39 bits per heavy atom. The lowest BCUT2D eigenvalue weighted by atomic mass is 10.0. The van der Waals surface area contributed by atoms with Gasteiger partial charge in [0.2, 0.25) is 12.3 Å². The maximum absolute atomic E-state index is 13.0. The molecular formula is C14H14F5NO2S. The van der Waals surface area contributed by atoms with E-state index >= 15 is 0 Å². The molecule has 1 amide bonds. The van der Waals surface area contributed by atoms with Crippen LogP contribution in [0.25, 0.3) is 0 Å². The Kier molecular flexibility index (Phi) is 5.38. The Bertz CT molecular complexity index is 591. The van der Waals surface area contributed by atoms with Gasteiger partial charge in [-0.3, -0.25) is 4.79 Å². The second kappa shape index (κ2) is 6.94. The van der Waals surface area contributed by atoms with Crippen molar-refractivity contribution in [3.05, 3.63) is 17.7 Å². The van der Waals surface area contributed by atoms with Crippen molar-refractivity contribution in [3.63, 3.8) is 0 Å². The number of anilines is 1. The van der Waals surface area contributed by atoms with Crippen LogP contribution in [0.2, 0.25) is 0 Å². The molecule has 1 atom stereocenters. The van der Waals surface area contributed by atoms with Gasteiger partial charge in [0.1, 0.15) is 5.75 Å². The lowest BCUT2D eigenvalue weighted by molar-refractivity contribution is -0.138. The van der Waals surface area contributed by atoms with Crippen LogP contribution in [0.5, 0.6) is 5.75 Å². The van der Waals surface area contributed by atoms with Gasteiger partial charge in [-0.15, -0.1) is 11.8 Å². The minimum atomic E-state index is -4.63. The molecule has 128 valence electrons. The van der Waals surface area contributed by atoms with Gasteiger partial charge >= 0.3 is 6.18 Å². The van der Waals surface area contributed by atoms with Crippen molar-refractivity contribution in [2.75, 3.05) is 18.2 Å². The summed E-state index contributed by atoms with van der Waals surface area (Å²) >= 11 is 1.15. The predicted octanol–water partition coefficient (Wildman–Crippen LogP) is 4.42. The SMILES string of the molecule is COc1cc2c(cc1C(F)(F)F)NC(=O)C(CCC(F)F)CS2. The van der Waals surface area contributed by atoms with Crippen LogP contribution in [-0.4, -0.2) is 25.2 Å². The van der Waals surface area contributed by atoms with Crippen molar-refractivity contribution in [1.29, 1.82) is 0 Å². The van der Waals surface area contributed by atoms with Crippen LogP contribution in [0.1, 0.15) is 18.4 Å². The number of carbonyl (C=O) groups is 1. The van der Waals surface area contributed by atoms with E-state index in [1.54, 1.807) is 0 Å². The zero-order valence-corrected chi connectivity index (χ0v) is 12.9. The summed E-state index contributed by atoms with van der Waals surface area (Å²) in [6.07, 6.45) is -7.59. The fourth-order valence-corrected chi connectivity index (χ4v) is 3.37. The highest BCUT2D eigenvalue weighted by molar-refractivity contribution is 7.99. The van der Waals surface area contributed by atoms with E-state index < -0.39 is 36.4 Å². The molecule has 0 saturated heterocycles. The van der Waals surface area contributed by atoms with E-state index in [1.807, 2.05) is 0 Å². The van der Waals surface area contributed by atoms with Crippen LogP contribution in [-0.2, 0) is 11.0 Å². The summed E-state index contributed by atoms with van der Waals surface area (Å²) in [6, 6.07) is 2.02. The lowest BCUT2D eigenvalue weighted by Crippen LogP contribution is -2.24. The third kappa shape index (κ3) is 4.27. The monoisotopic (exact) mass is 355 g/mol. The van der Waals surface area contributed by atoms with Crippen molar-refractivity contribution in [1.82, 2.24) is 0 Å². The standard InChI is InChI=1S/C14H14F5NO2S/c1-22-10-5-11-9(4-8(10)14(17,18)19)20-13(21)7(6-23-11)2-3-12(15)16/h4-5,7,12H,2-3,6H2,1H3,(H,20,21). The number of amides is 1. The molecule has 23 heavy (non-hydrogen) atoms. The predicted molar refractivity (Wildman–Crippen MR) is 76.1 cm³/mol. The first-order chi connectivity index (χ1) is 10.7. The number of hydrogen-bond donors (Lipinski definition) is 1. The molecular weight excluding hydrogens is 341 g/mol. The van der Waals surface area contributed by atoms with Gasteiger partial charge < -0.3 is 10.1 Å². The van der Waals surface area contributed by atoms with Gasteiger partial charge in [0.25, 0.3) is 0 Å². The van der Waals surface area contributed by atoms with Crippen molar-refractivity contribution >= 4 is 23.4 Å². The van der Waals surface area contributed by atoms with E-state index in [9.17, 15) is 26.7 Å². The van der Waals surface area contributed by atoms with Crippen molar-refractivity contribution in [2.45, 2.75) is 30.3 Å². The van der Waals surface area contributed by atoms with Crippen molar-refractivity contribution < 1.29 is 31.5 Å². The van der Waals surface area contributed by atoms with E-state index in [2.05, 4.69) is 5.32 Å². The van der Waals surface area contributed by atoms with Gasteiger partial charge in [0.15, 0.2) is 0 Å². The highest BCUT2D eigenvalue weighted by atomic mass is 32.2. The zero-order valence-electron chi connectivity index (χ0n) is 12.0. The summed E-state index contributed by atoms with van der Waals surface area (Å²) in [5.74, 6) is -1.35. The highest BCUT2D eigenvalue weighted by Gasteiger charge is 2.36. The number of nitrogens with one attached hydrogen (secondary N) is 1. The van der Waals surface area contributed by atoms with Crippen LogP contribution in [0.3, 0.4) is 0 Å². The molecule has 1 unspecified atom stereocenters. The molecule has 0 spiro atoms. The lowest BCUT2D eigenvalue weighted by Gasteiger charge is -2.15. The molecule has 0 bridgehead atoms. The number of rotatable bonds is 4. The number of halogens is 5. The maximum atomic E-state index is 13.0. The summed E-state index contributed by atoms with van der Waals surface area (Å²) in [6.45, 7) is 0. The third-order valence-electron chi connectivity index (χ3n) is 3.41. The number of alkyl halides is 5. The van der Waals surface area contributed by atoms with Gasteiger partial charge in [-0.05, 0) is 18.6 Å². The van der Waals surface area contributed by atoms with E-state index in [4.69, 9.17) is 4.74 Å². The summed E-state index contributed by atoms with van der Waals surface area (Å²) in [5, 5.41) is 2.40. The van der Waals surface area contributed by atoms with Crippen LogP contribution in [0.15, 0.2) is 17.0 Å². The Morgan fingerprint density at radius 2 is 2.09 bits per heavy atom. The van der Waals surface area contributed by atoms with Crippen LogP contribution >= 0.6 is 11.8 Å². The molecule has 1 aliphatic heterocycles. The molecule has 0 aromatic heterocycles. The molecule has 9 heteroatoms. The molecule has 0 radical (unpaired) electrons. The van der Waals surface area contributed by atoms with E-state index in [0.717, 1.165) is 24.9 Å². The van der Waals surface area contributed by atoms with E-state index in [-0.39, 0.29) is 23.6 Å². The van der Waals surface area contributed by atoms with Gasteiger partial charge in [-0.25, -0.2) is 8.78 Å².